The molecule has 2 aromatic rings. The SMILES string of the molecule is COc1ccc(NC(=O)C(C)Sc2n[nH]c(C(C)C)n2)cc1. The second-order valence-corrected chi connectivity index (χ2v) is 6.44. The molecule has 0 spiro atoms. The molecule has 0 saturated carbocycles. The number of anilines is 1. The van der Waals surface area contributed by atoms with Crippen LogP contribution in [0.1, 0.15) is 32.5 Å². The van der Waals surface area contributed by atoms with Crippen LogP contribution in [0, 0.1) is 0 Å². The highest BCUT2D eigenvalue weighted by atomic mass is 32.2. The van der Waals surface area contributed by atoms with Crippen molar-refractivity contribution in [3.63, 3.8) is 0 Å². The largest absolute Gasteiger partial charge is 0.497 e. The molecule has 1 atom stereocenters. The van der Waals surface area contributed by atoms with Gasteiger partial charge in [-0.2, -0.15) is 0 Å². The molecule has 6 nitrogen and oxygen atoms in total. The maximum atomic E-state index is 12.2. The number of ether oxygens (including phenoxy) is 1. The monoisotopic (exact) mass is 320 g/mol. The number of aromatic nitrogens is 3. The van der Waals surface area contributed by atoms with Crippen LogP contribution in [0.4, 0.5) is 5.69 Å². The van der Waals surface area contributed by atoms with Crippen molar-refractivity contribution in [3.8, 4) is 5.75 Å². The Morgan fingerprint density at radius 1 is 1.27 bits per heavy atom. The first-order chi connectivity index (χ1) is 10.5. The zero-order valence-electron chi connectivity index (χ0n) is 13.1. The minimum absolute atomic E-state index is 0.0916. The fourth-order valence-electron chi connectivity index (χ4n) is 1.70. The first-order valence-electron chi connectivity index (χ1n) is 7.03. The molecule has 1 heterocycles. The zero-order valence-corrected chi connectivity index (χ0v) is 13.9. The number of methoxy groups -OCH3 is 1. The van der Waals surface area contributed by atoms with Crippen LogP contribution < -0.4 is 10.1 Å². The van der Waals surface area contributed by atoms with Gasteiger partial charge >= 0.3 is 0 Å². The summed E-state index contributed by atoms with van der Waals surface area (Å²) in [6.45, 7) is 5.90. The summed E-state index contributed by atoms with van der Waals surface area (Å²) in [6, 6.07) is 7.21. The summed E-state index contributed by atoms with van der Waals surface area (Å²) in [5.74, 6) is 1.77. The van der Waals surface area contributed by atoms with E-state index < -0.39 is 0 Å². The third-order valence-electron chi connectivity index (χ3n) is 3.04. The standard InChI is InChI=1S/C15H20N4O2S/c1-9(2)13-17-15(19-18-13)22-10(3)14(20)16-11-5-7-12(21-4)8-6-11/h5-10H,1-4H3,(H,16,20)(H,17,18,19). The average Bonchev–Trinajstić information content (AvgIpc) is 2.96. The smallest absolute Gasteiger partial charge is 0.237 e. The summed E-state index contributed by atoms with van der Waals surface area (Å²) >= 11 is 1.33. The molecule has 2 rings (SSSR count). The Hall–Kier alpha value is -2.02. The maximum absolute atomic E-state index is 12.2. The van der Waals surface area contributed by atoms with E-state index in [2.05, 4.69) is 20.5 Å². The van der Waals surface area contributed by atoms with Crippen molar-refractivity contribution in [1.29, 1.82) is 0 Å². The molecular formula is C15H20N4O2S. The van der Waals surface area contributed by atoms with Crippen molar-refractivity contribution in [2.24, 2.45) is 0 Å². The molecular weight excluding hydrogens is 300 g/mol. The molecule has 118 valence electrons. The van der Waals surface area contributed by atoms with Crippen molar-refractivity contribution in [1.82, 2.24) is 15.2 Å². The molecule has 0 aliphatic rings. The molecule has 0 radical (unpaired) electrons. The van der Waals surface area contributed by atoms with Crippen LogP contribution >= 0.6 is 11.8 Å². The number of rotatable bonds is 6. The molecule has 1 amide bonds. The average molecular weight is 320 g/mol. The Morgan fingerprint density at radius 3 is 2.50 bits per heavy atom. The molecule has 0 aliphatic heterocycles. The topological polar surface area (TPSA) is 79.9 Å². The number of hydrogen-bond acceptors (Lipinski definition) is 5. The van der Waals surface area contributed by atoms with Crippen molar-refractivity contribution in [3.05, 3.63) is 30.1 Å². The van der Waals surface area contributed by atoms with Crippen molar-refractivity contribution in [2.45, 2.75) is 37.1 Å². The third-order valence-corrected chi connectivity index (χ3v) is 4.00. The Morgan fingerprint density at radius 2 is 1.95 bits per heavy atom. The lowest BCUT2D eigenvalue weighted by Crippen LogP contribution is -2.22. The van der Waals surface area contributed by atoms with E-state index >= 15 is 0 Å². The van der Waals surface area contributed by atoms with Gasteiger partial charge in [-0.25, -0.2) is 4.98 Å². The highest BCUT2D eigenvalue weighted by Crippen LogP contribution is 2.22. The molecule has 1 unspecified atom stereocenters. The van der Waals surface area contributed by atoms with Crippen LogP contribution in [0.2, 0.25) is 0 Å². The fourth-order valence-corrected chi connectivity index (χ4v) is 2.43. The summed E-state index contributed by atoms with van der Waals surface area (Å²) in [5, 5.41) is 10.2. The van der Waals surface area contributed by atoms with E-state index in [9.17, 15) is 4.79 Å². The van der Waals surface area contributed by atoms with E-state index in [4.69, 9.17) is 4.74 Å². The number of nitrogens with one attached hydrogen (secondary N) is 2. The predicted molar refractivity (Wildman–Crippen MR) is 87.4 cm³/mol. The van der Waals surface area contributed by atoms with Gasteiger partial charge in [0.2, 0.25) is 11.1 Å². The summed E-state index contributed by atoms with van der Waals surface area (Å²) in [7, 11) is 1.61. The molecule has 0 saturated heterocycles. The van der Waals surface area contributed by atoms with Gasteiger partial charge < -0.3 is 10.1 Å². The second kappa shape index (κ2) is 7.31. The van der Waals surface area contributed by atoms with Crippen LogP contribution in [0.3, 0.4) is 0 Å². The number of carbonyl (C=O) groups is 1. The Balaban J connectivity index is 1.93. The minimum atomic E-state index is -0.294. The van der Waals surface area contributed by atoms with Gasteiger partial charge in [-0.3, -0.25) is 9.89 Å². The molecule has 0 fully saturated rings. The van der Waals surface area contributed by atoms with Crippen LogP contribution in [0.25, 0.3) is 0 Å². The van der Waals surface area contributed by atoms with Crippen LogP contribution in [0.5, 0.6) is 5.75 Å². The predicted octanol–water partition coefficient (Wildman–Crippen LogP) is 3.06. The van der Waals surface area contributed by atoms with Gasteiger partial charge in [-0.15, -0.1) is 5.10 Å². The maximum Gasteiger partial charge on any atom is 0.237 e. The van der Waals surface area contributed by atoms with E-state index in [1.165, 1.54) is 11.8 Å². The summed E-state index contributed by atoms with van der Waals surface area (Å²) < 4.78 is 5.09. The van der Waals surface area contributed by atoms with Crippen LogP contribution in [-0.2, 0) is 4.79 Å². The fraction of sp³-hybridized carbons (Fsp3) is 0.400. The first-order valence-corrected chi connectivity index (χ1v) is 7.91. The quantitative estimate of drug-likeness (QED) is 0.800. The Labute approximate surface area is 134 Å². The number of carbonyl (C=O) groups excluding carboxylic acids is 1. The molecule has 0 aliphatic carbocycles. The van der Waals surface area contributed by atoms with Crippen molar-refractivity contribution in [2.75, 3.05) is 12.4 Å². The normalized spacial score (nSPS) is 12.2. The molecule has 1 aromatic heterocycles. The number of thioether (sulfide) groups is 1. The van der Waals surface area contributed by atoms with Crippen LogP contribution in [-0.4, -0.2) is 33.4 Å². The Bertz CT molecular complexity index is 625. The number of benzene rings is 1. The highest BCUT2D eigenvalue weighted by molar-refractivity contribution is 8.00. The lowest BCUT2D eigenvalue weighted by Gasteiger charge is -2.10. The van der Waals surface area contributed by atoms with E-state index in [1.54, 1.807) is 31.4 Å². The zero-order chi connectivity index (χ0) is 16.1. The number of hydrogen-bond donors (Lipinski definition) is 2. The number of H-pyrrole nitrogens is 1. The minimum Gasteiger partial charge on any atom is -0.497 e. The molecule has 22 heavy (non-hydrogen) atoms. The van der Waals surface area contributed by atoms with E-state index in [1.807, 2.05) is 20.8 Å². The van der Waals surface area contributed by atoms with Crippen molar-refractivity contribution < 1.29 is 9.53 Å². The number of nitrogens with zero attached hydrogens (tertiary/aromatic N) is 2. The van der Waals surface area contributed by atoms with E-state index in [0.29, 0.717) is 5.16 Å². The molecule has 0 bridgehead atoms. The Kier molecular flexibility index (Phi) is 5.43. The third kappa shape index (κ3) is 4.24. The first kappa shape index (κ1) is 16.4. The van der Waals surface area contributed by atoms with Gasteiger partial charge in [0, 0.05) is 11.6 Å². The van der Waals surface area contributed by atoms with Gasteiger partial charge in [-0.1, -0.05) is 25.6 Å². The second-order valence-electron chi connectivity index (χ2n) is 5.14. The number of aromatic amines is 1. The van der Waals surface area contributed by atoms with Gasteiger partial charge in [0.25, 0.3) is 0 Å². The van der Waals surface area contributed by atoms with Crippen LogP contribution in [0.15, 0.2) is 29.4 Å². The highest BCUT2D eigenvalue weighted by Gasteiger charge is 2.17. The van der Waals surface area contributed by atoms with Gasteiger partial charge in [0.15, 0.2) is 0 Å². The van der Waals surface area contributed by atoms with Crippen molar-refractivity contribution >= 4 is 23.4 Å². The lowest BCUT2D eigenvalue weighted by atomic mass is 10.2. The summed E-state index contributed by atoms with van der Waals surface area (Å²) in [5.41, 5.74) is 0.733. The van der Waals surface area contributed by atoms with E-state index in [-0.39, 0.29) is 17.1 Å². The van der Waals surface area contributed by atoms with Gasteiger partial charge in [0.05, 0.1) is 12.4 Å². The number of amides is 1. The molecule has 1 aromatic carbocycles. The lowest BCUT2D eigenvalue weighted by molar-refractivity contribution is -0.115. The molecule has 2 N–H and O–H groups in total. The van der Waals surface area contributed by atoms with Gasteiger partial charge in [0.1, 0.15) is 11.6 Å². The summed E-state index contributed by atoms with van der Waals surface area (Å²) in [6.07, 6.45) is 0. The van der Waals surface area contributed by atoms with E-state index in [0.717, 1.165) is 17.3 Å². The van der Waals surface area contributed by atoms with Gasteiger partial charge in [-0.05, 0) is 31.2 Å². The molecule has 7 heteroatoms. The summed E-state index contributed by atoms with van der Waals surface area (Å²) in [4.78, 5) is 16.5.